The van der Waals surface area contributed by atoms with Gasteiger partial charge in [-0.25, -0.2) is 0 Å². The summed E-state index contributed by atoms with van der Waals surface area (Å²) in [4.78, 5) is 0. The third-order valence-electron chi connectivity index (χ3n) is 5.12. The summed E-state index contributed by atoms with van der Waals surface area (Å²) in [5.41, 5.74) is 1.34. The highest BCUT2D eigenvalue weighted by atomic mass is 16.5. The van der Waals surface area contributed by atoms with Gasteiger partial charge in [0.2, 0.25) is 0 Å². The summed E-state index contributed by atoms with van der Waals surface area (Å²) in [6.07, 6.45) is 13.3. The standard InChI is InChI=1S/C20H28O2/c1-2-21-19-11-7-8-17(16-19)12-14-20(13-5-6-15-22-20)18-9-3-4-10-18/h5,7-8,11,13,16,18H,2-4,6,9-10,12,14-15H2,1H3. The quantitative estimate of drug-likeness (QED) is 0.694. The predicted octanol–water partition coefficient (Wildman–Crippen LogP) is 4.92. The van der Waals surface area contributed by atoms with Gasteiger partial charge in [0, 0.05) is 0 Å². The van der Waals surface area contributed by atoms with Crippen molar-refractivity contribution in [2.75, 3.05) is 13.2 Å². The van der Waals surface area contributed by atoms with Crippen LogP contribution in [0, 0.1) is 5.92 Å². The molecule has 3 rings (SSSR count). The highest BCUT2D eigenvalue weighted by Gasteiger charge is 2.39. The van der Waals surface area contributed by atoms with Crippen LogP contribution in [0.1, 0.15) is 51.0 Å². The van der Waals surface area contributed by atoms with Gasteiger partial charge in [-0.05, 0) is 62.6 Å². The third-order valence-corrected chi connectivity index (χ3v) is 5.12. The summed E-state index contributed by atoms with van der Waals surface area (Å²) < 4.78 is 11.9. The molecule has 1 aliphatic heterocycles. The van der Waals surface area contributed by atoms with Crippen LogP contribution in [0.3, 0.4) is 0 Å². The van der Waals surface area contributed by atoms with Gasteiger partial charge in [0.1, 0.15) is 5.75 Å². The zero-order valence-electron chi connectivity index (χ0n) is 13.7. The maximum absolute atomic E-state index is 6.33. The number of hydrogen-bond donors (Lipinski definition) is 0. The van der Waals surface area contributed by atoms with Crippen LogP contribution >= 0.6 is 0 Å². The molecule has 2 heteroatoms. The van der Waals surface area contributed by atoms with Gasteiger partial charge in [-0.3, -0.25) is 0 Å². The topological polar surface area (TPSA) is 18.5 Å². The van der Waals surface area contributed by atoms with Gasteiger partial charge < -0.3 is 9.47 Å². The van der Waals surface area contributed by atoms with E-state index in [4.69, 9.17) is 9.47 Å². The van der Waals surface area contributed by atoms with Crippen LogP contribution in [0.25, 0.3) is 0 Å². The summed E-state index contributed by atoms with van der Waals surface area (Å²) in [7, 11) is 0. The van der Waals surface area contributed by atoms with E-state index in [0.29, 0.717) is 5.92 Å². The van der Waals surface area contributed by atoms with Crippen molar-refractivity contribution in [3.05, 3.63) is 42.0 Å². The minimum Gasteiger partial charge on any atom is -0.494 e. The number of hydrogen-bond acceptors (Lipinski definition) is 2. The lowest BCUT2D eigenvalue weighted by atomic mass is 9.80. The molecular formula is C20H28O2. The fraction of sp³-hybridized carbons (Fsp3) is 0.600. The molecule has 0 N–H and O–H groups in total. The van der Waals surface area contributed by atoms with Crippen molar-refractivity contribution in [1.82, 2.24) is 0 Å². The van der Waals surface area contributed by atoms with E-state index in [0.717, 1.165) is 38.2 Å². The normalized spacial score (nSPS) is 25.5. The van der Waals surface area contributed by atoms with Gasteiger partial charge >= 0.3 is 0 Å². The molecular weight excluding hydrogens is 272 g/mol. The molecule has 0 saturated heterocycles. The highest BCUT2D eigenvalue weighted by Crippen LogP contribution is 2.41. The van der Waals surface area contributed by atoms with Crippen LogP contribution in [-0.4, -0.2) is 18.8 Å². The molecule has 1 aromatic rings. The Hall–Kier alpha value is -1.28. The lowest BCUT2D eigenvalue weighted by Gasteiger charge is -2.39. The van der Waals surface area contributed by atoms with Crippen molar-refractivity contribution in [2.45, 2.75) is 57.5 Å². The lowest BCUT2D eigenvalue weighted by Crippen LogP contribution is -2.40. The number of benzene rings is 1. The highest BCUT2D eigenvalue weighted by molar-refractivity contribution is 5.29. The molecule has 120 valence electrons. The molecule has 22 heavy (non-hydrogen) atoms. The van der Waals surface area contributed by atoms with Crippen molar-refractivity contribution >= 4 is 0 Å². The Bertz CT molecular complexity index is 502. The zero-order chi connectivity index (χ0) is 15.3. The van der Waals surface area contributed by atoms with Crippen LogP contribution in [0.15, 0.2) is 36.4 Å². The molecule has 1 aromatic carbocycles. The first kappa shape index (κ1) is 15.6. The van der Waals surface area contributed by atoms with E-state index in [2.05, 4.69) is 30.4 Å². The Morgan fingerprint density at radius 2 is 2.14 bits per heavy atom. The summed E-state index contributed by atoms with van der Waals surface area (Å²) >= 11 is 0. The molecule has 0 radical (unpaired) electrons. The Labute approximate surface area is 134 Å². The van der Waals surface area contributed by atoms with Crippen LogP contribution in [-0.2, 0) is 11.2 Å². The minimum absolute atomic E-state index is 0.0175. The molecule has 1 unspecified atom stereocenters. The van der Waals surface area contributed by atoms with E-state index < -0.39 is 0 Å². The van der Waals surface area contributed by atoms with Crippen molar-refractivity contribution in [1.29, 1.82) is 0 Å². The lowest BCUT2D eigenvalue weighted by molar-refractivity contribution is -0.0600. The second kappa shape index (κ2) is 7.32. The summed E-state index contributed by atoms with van der Waals surface area (Å²) in [5.74, 6) is 1.69. The molecule has 1 aliphatic carbocycles. The third kappa shape index (κ3) is 3.55. The van der Waals surface area contributed by atoms with Gasteiger partial charge in [-0.2, -0.15) is 0 Å². The second-order valence-electron chi connectivity index (χ2n) is 6.56. The summed E-state index contributed by atoms with van der Waals surface area (Å²) in [6, 6.07) is 8.52. The van der Waals surface area contributed by atoms with Gasteiger partial charge in [0.15, 0.2) is 0 Å². The number of ether oxygens (including phenoxy) is 2. The first-order valence-electron chi connectivity index (χ1n) is 8.86. The molecule has 1 fully saturated rings. The van der Waals surface area contributed by atoms with Crippen molar-refractivity contribution in [2.24, 2.45) is 5.92 Å². The predicted molar refractivity (Wildman–Crippen MR) is 90.3 cm³/mol. The first-order chi connectivity index (χ1) is 10.8. The number of rotatable bonds is 6. The summed E-state index contributed by atoms with van der Waals surface area (Å²) in [6.45, 7) is 3.63. The fourth-order valence-electron chi connectivity index (χ4n) is 3.97. The van der Waals surface area contributed by atoms with Crippen LogP contribution in [0.5, 0.6) is 5.75 Å². The molecule has 0 amide bonds. The SMILES string of the molecule is CCOc1cccc(CCC2(C3CCCC3)C=CCCO2)c1. The minimum atomic E-state index is -0.0175. The fourth-order valence-corrected chi connectivity index (χ4v) is 3.97. The molecule has 2 aliphatic rings. The molecule has 2 nitrogen and oxygen atoms in total. The molecule has 0 bridgehead atoms. The maximum atomic E-state index is 6.33. The molecule has 0 aromatic heterocycles. The zero-order valence-corrected chi connectivity index (χ0v) is 13.7. The van der Waals surface area contributed by atoms with E-state index in [1.54, 1.807) is 0 Å². The molecule has 1 atom stereocenters. The smallest absolute Gasteiger partial charge is 0.119 e. The summed E-state index contributed by atoms with van der Waals surface area (Å²) in [5, 5.41) is 0. The van der Waals surface area contributed by atoms with Gasteiger partial charge in [-0.15, -0.1) is 0 Å². The Morgan fingerprint density at radius 1 is 1.27 bits per heavy atom. The van der Waals surface area contributed by atoms with Crippen molar-refractivity contribution in [3.63, 3.8) is 0 Å². The first-order valence-corrected chi connectivity index (χ1v) is 8.86. The van der Waals surface area contributed by atoms with E-state index in [9.17, 15) is 0 Å². The average Bonchev–Trinajstić information content (AvgIpc) is 3.10. The van der Waals surface area contributed by atoms with Crippen LogP contribution in [0.2, 0.25) is 0 Å². The largest absolute Gasteiger partial charge is 0.494 e. The molecule has 1 heterocycles. The Morgan fingerprint density at radius 3 is 2.86 bits per heavy atom. The average molecular weight is 300 g/mol. The van der Waals surface area contributed by atoms with E-state index in [-0.39, 0.29) is 5.60 Å². The van der Waals surface area contributed by atoms with Gasteiger partial charge in [-0.1, -0.05) is 37.1 Å². The van der Waals surface area contributed by atoms with Crippen molar-refractivity contribution < 1.29 is 9.47 Å². The van der Waals surface area contributed by atoms with E-state index in [1.807, 2.05) is 13.0 Å². The van der Waals surface area contributed by atoms with Crippen LogP contribution < -0.4 is 4.74 Å². The van der Waals surface area contributed by atoms with Gasteiger partial charge in [0.05, 0.1) is 18.8 Å². The monoisotopic (exact) mass is 300 g/mol. The Kier molecular flexibility index (Phi) is 5.20. The van der Waals surface area contributed by atoms with Gasteiger partial charge in [0.25, 0.3) is 0 Å². The van der Waals surface area contributed by atoms with E-state index in [1.165, 1.54) is 31.2 Å². The number of aryl methyl sites for hydroxylation is 1. The molecule has 0 spiro atoms. The maximum Gasteiger partial charge on any atom is 0.119 e. The van der Waals surface area contributed by atoms with E-state index >= 15 is 0 Å². The molecule has 1 saturated carbocycles. The second-order valence-corrected chi connectivity index (χ2v) is 6.56. The Balaban J connectivity index is 1.70. The van der Waals surface area contributed by atoms with Crippen LogP contribution in [0.4, 0.5) is 0 Å². The van der Waals surface area contributed by atoms with Crippen molar-refractivity contribution in [3.8, 4) is 5.75 Å².